The number of benzene rings is 1. The van der Waals surface area contributed by atoms with Crippen LogP contribution in [0.3, 0.4) is 0 Å². The fourth-order valence-electron chi connectivity index (χ4n) is 1.31. The molecule has 0 aliphatic carbocycles. The van der Waals surface area contributed by atoms with E-state index < -0.39 is 0 Å². The zero-order chi connectivity index (χ0) is 12.4. The van der Waals surface area contributed by atoms with Crippen molar-refractivity contribution in [3.05, 3.63) is 40.3 Å². The highest BCUT2D eigenvalue weighted by Crippen LogP contribution is 2.33. The van der Waals surface area contributed by atoms with Gasteiger partial charge in [0.05, 0.1) is 14.9 Å². The Hall–Kier alpha value is -0.780. The van der Waals surface area contributed by atoms with Gasteiger partial charge in [-0.15, -0.1) is 11.8 Å². The van der Waals surface area contributed by atoms with Gasteiger partial charge in [-0.25, -0.2) is 9.37 Å². The molecule has 0 spiro atoms. The number of halogens is 2. The lowest BCUT2D eigenvalue weighted by atomic mass is 10.2. The molecule has 6 heteroatoms. The fourth-order valence-corrected chi connectivity index (χ4v) is 3.40. The molecule has 0 aliphatic heterocycles. The average molecular weight is 289 g/mol. The van der Waals surface area contributed by atoms with Gasteiger partial charge >= 0.3 is 0 Å². The quantitative estimate of drug-likeness (QED) is 0.864. The molecule has 1 heterocycles. The lowest BCUT2D eigenvalue weighted by molar-refractivity contribution is 0.627. The van der Waals surface area contributed by atoms with E-state index in [1.165, 1.54) is 17.4 Å². The van der Waals surface area contributed by atoms with Crippen molar-refractivity contribution in [3.63, 3.8) is 0 Å². The lowest BCUT2D eigenvalue weighted by Crippen LogP contribution is -1.84. The summed E-state index contributed by atoms with van der Waals surface area (Å²) in [4.78, 5) is 4.14. The fraction of sp³-hybridized carbons (Fsp3) is 0.182. The Labute approximate surface area is 112 Å². The second-order valence-corrected chi connectivity index (χ2v) is 6.14. The van der Waals surface area contributed by atoms with Gasteiger partial charge in [0, 0.05) is 5.75 Å². The second kappa shape index (κ2) is 5.25. The van der Waals surface area contributed by atoms with E-state index in [9.17, 15) is 4.39 Å². The molecular weight excluding hydrogens is 279 g/mol. The van der Waals surface area contributed by atoms with Crippen LogP contribution in [0, 0.1) is 12.7 Å². The predicted molar refractivity (Wildman–Crippen MR) is 72.2 cm³/mol. The number of thiazole rings is 1. The lowest BCUT2D eigenvalue weighted by Gasteiger charge is -2.01. The van der Waals surface area contributed by atoms with Crippen LogP contribution in [0.25, 0.3) is 0 Å². The van der Waals surface area contributed by atoms with E-state index in [4.69, 9.17) is 17.3 Å². The Morgan fingerprint density at radius 2 is 2.29 bits per heavy atom. The van der Waals surface area contributed by atoms with Gasteiger partial charge in [-0.05, 0) is 24.6 Å². The maximum absolute atomic E-state index is 13.2. The Morgan fingerprint density at radius 1 is 1.53 bits per heavy atom. The number of nitrogens with zero attached hydrogens (tertiary/aromatic N) is 1. The van der Waals surface area contributed by atoms with Gasteiger partial charge in [-0.1, -0.05) is 29.0 Å². The molecule has 0 bridgehead atoms. The predicted octanol–water partition coefficient (Wildman–Crippen LogP) is 4.12. The van der Waals surface area contributed by atoms with Gasteiger partial charge in [-0.2, -0.15) is 0 Å². The number of hydrogen-bond acceptors (Lipinski definition) is 4. The number of aromatic nitrogens is 1. The molecule has 0 saturated heterocycles. The summed E-state index contributed by atoms with van der Waals surface area (Å²) < 4.78 is 14.3. The minimum absolute atomic E-state index is 0.150. The molecule has 0 unspecified atom stereocenters. The summed E-state index contributed by atoms with van der Waals surface area (Å²) in [7, 11) is 0. The van der Waals surface area contributed by atoms with Crippen LogP contribution >= 0.6 is 34.7 Å². The number of rotatable bonds is 3. The van der Waals surface area contributed by atoms with Crippen molar-refractivity contribution in [1.82, 2.24) is 4.98 Å². The minimum Gasteiger partial charge on any atom is -0.375 e. The summed E-state index contributed by atoms with van der Waals surface area (Å²) in [6.45, 7) is 1.91. The van der Waals surface area contributed by atoms with Gasteiger partial charge < -0.3 is 5.73 Å². The van der Waals surface area contributed by atoms with Crippen LogP contribution in [0.15, 0.2) is 22.4 Å². The van der Waals surface area contributed by atoms with Crippen molar-refractivity contribution >= 4 is 39.8 Å². The van der Waals surface area contributed by atoms with E-state index in [0.29, 0.717) is 10.9 Å². The Balaban J connectivity index is 2.07. The molecule has 0 fully saturated rings. The molecule has 0 radical (unpaired) electrons. The molecule has 1 aromatic heterocycles. The monoisotopic (exact) mass is 288 g/mol. The van der Waals surface area contributed by atoms with E-state index in [1.807, 2.05) is 13.0 Å². The van der Waals surface area contributed by atoms with Crippen LogP contribution in [0.1, 0.15) is 11.3 Å². The Bertz CT molecular complexity index is 542. The zero-order valence-corrected chi connectivity index (χ0v) is 11.4. The van der Waals surface area contributed by atoms with E-state index in [2.05, 4.69) is 4.98 Å². The van der Waals surface area contributed by atoms with Crippen LogP contribution in [-0.4, -0.2) is 4.98 Å². The second-order valence-electron chi connectivity index (χ2n) is 3.46. The summed E-state index contributed by atoms with van der Waals surface area (Å²) in [6, 6.07) is 4.84. The summed E-state index contributed by atoms with van der Waals surface area (Å²) in [5, 5.41) is 0.712. The number of nitrogens with two attached hydrogens (primary N) is 1. The first-order chi connectivity index (χ1) is 8.06. The van der Waals surface area contributed by atoms with Gasteiger partial charge in [0.15, 0.2) is 5.13 Å². The number of hydrogen-bond donors (Lipinski definition) is 1. The van der Waals surface area contributed by atoms with Crippen molar-refractivity contribution in [2.45, 2.75) is 16.9 Å². The molecule has 2 nitrogen and oxygen atoms in total. The molecule has 2 aromatic rings. The smallest absolute Gasteiger partial charge is 0.181 e. The van der Waals surface area contributed by atoms with Gasteiger partial charge in [-0.3, -0.25) is 0 Å². The molecule has 0 saturated carbocycles. The maximum Gasteiger partial charge on any atom is 0.181 e. The molecule has 0 amide bonds. The van der Waals surface area contributed by atoms with Crippen molar-refractivity contribution in [1.29, 1.82) is 0 Å². The van der Waals surface area contributed by atoms with Gasteiger partial charge in [0.1, 0.15) is 5.82 Å². The molecule has 1 aromatic carbocycles. The van der Waals surface area contributed by atoms with Crippen molar-refractivity contribution in [3.8, 4) is 0 Å². The standard InChI is InChI=1S/C11H10ClFN2S2/c1-6-10(17-11(14)15-6)16-5-7-2-3-8(12)9(13)4-7/h2-4H,5H2,1H3,(H2,14,15). The SMILES string of the molecule is Cc1nc(N)sc1SCc1ccc(Cl)c(F)c1. The third-order valence-electron chi connectivity index (χ3n) is 2.12. The third kappa shape index (κ3) is 3.12. The molecule has 17 heavy (non-hydrogen) atoms. The largest absolute Gasteiger partial charge is 0.375 e. The van der Waals surface area contributed by atoms with Crippen LogP contribution in [0.5, 0.6) is 0 Å². The molecule has 90 valence electrons. The topological polar surface area (TPSA) is 38.9 Å². The third-order valence-corrected chi connectivity index (χ3v) is 4.85. The number of nitrogen functional groups attached to an aromatic ring is 1. The highest BCUT2D eigenvalue weighted by atomic mass is 35.5. The molecule has 2 rings (SSSR count). The Kier molecular flexibility index (Phi) is 3.91. The van der Waals surface area contributed by atoms with Crippen LogP contribution < -0.4 is 5.73 Å². The highest BCUT2D eigenvalue weighted by molar-refractivity contribution is 8.00. The van der Waals surface area contributed by atoms with Crippen molar-refractivity contribution in [2.75, 3.05) is 5.73 Å². The first-order valence-corrected chi connectivity index (χ1v) is 7.04. The minimum atomic E-state index is -0.384. The average Bonchev–Trinajstić information content (AvgIpc) is 2.59. The van der Waals surface area contributed by atoms with Gasteiger partial charge in [0.2, 0.25) is 0 Å². The van der Waals surface area contributed by atoms with E-state index >= 15 is 0 Å². The Morgan fingerprint density at radius 3 is 2.88 bits per heavy atom. The summed E-state index contributed by atoms with van der Waals surface area (Å²) >= 11 is 8.67. The zero-order valence-electron chi connectivity index (χ0n) is 9.04. The van der Waals surface area contributed by atoms with E-state index in [0.717, 1.165) is 15.5 Å². The summed E-state index contributed by atoms with van der Waals surface area (Å²) in [5.41, 5.74) is 7.42. The van der Waals surface area contributed by atoms with E-state index in [1.54, 1.807) is 17.8 Å². The highest BCUT2D eigenvalue weighted by Gasteiger charge is 2.07. The van der Waals surface area contributed by atoms with E-state index in [-0.39, 0.29) is 10.8 Å². The summed E-state index contributed by atoms with van der Waals surface area (Å²) in [6.07, 6.45) is 0. The molecule has 2 N–H and O–H groups in total. The number of thioether (sulfide) groups is 1. The molecule has 0 atom stereocenters. The number of aryl methyl sites for hydroxylation is 1. The summed E-state index contributed by atoms with van der Waals surface area (Å²) in [5.74, 6) is 0.293. The molecule has 0 aliphatic rings. The van der Waals surface area contributed by atoms with Gasteiger partial charge in [0.25, 0.3) is 0 Å². The van der Waals surface area contributed by atoms with Crippen LogP contribution in [0.2, 0.25) is 5.02 Å². The number of anilines is 1. The first-order valence-electron chi connectivity index (χ1n) is 4.86. The van der Waals surface area contributed by atoms with Crippen molar-refractivity contribution in [2.24, 2.45) is 0 Å². The van der Waals surface area contributed by atoms with Crippen LogP contribution in [-0.2, 0) is 5.75 Å². The first kappa shape index (κ1) is 12.7. The maximum atomic E-state index is 13.2. The van der Waals surface area contributed by atoms with Crippen LogP contribution in [0.4, 0.5) is 9.52 Å². The van der Waals surface area contributed by atoms with Crippen molar-refractivity contribution < 1.29 is 4.39 Å². The normalized spacial score (nSPS) is 10.8. The molecular formula is C11H10ClFN2S2.